The fourth-order valence-corrected chi connectivity index (χ4v) is 2.91. The molecule has 1 aromatic carbocycles. The topological polar surface area (TPSA) is 12.0 Å². The molecular weight excluding hydrogens is 269 g/mol. The number of hydrogen-bond donors (Lipinski definition) is 1. The van der Waals surface area contributed by atoms with E-state index in [1.165, 1.54) is 18.4 Å². The quantitative estimate of drug-likeness (QED) is 0.893. The SMILES string of the molecule is CCCC1(Cc2ccc(F)c(Br)c2)CNC1. The van der Waals surface area contributed by atoms with Crippen molar-refractivity contribution in [3.05, 3.63) is 34.1 Å². The van der Waals surface area contributed by atoms with Crippen molar-refractivity contribution in [1.29, 1.82) is 0 Å². The van der Waals surface area contributed by atoms with E-state index in [1.807, 2.05) is 12.1 Å². The van der Waals surface area contributed by atoms with Gasteiger partial charge >= 0.3 is 0 Å². The molecule has 0 unspecified atom stereocenters. The second-order valence-corrected chi connectivity index (χ2v) is 5.63. The second-order valence-electron chi connectivity index (χ2n) is 4.78. The molecule has 0 aromatic heterocycles. The van der Waals surface area contributed by atoms with Crippen molar-refractivity contribution < 1.29 is 4.39 Å². The van der Waals surface area contributed by atoms with Gasteiger partial charge in [-0.3, -0.25) is 0 Å². The lowest BCUT2D eigenvalue weighted by Crippen LogP contribution is -2.54. The van der Waals surface area contributed by atoms with Gasteiger partial charge in [-0.15, -0.1) is 0 Å². The summed E-state index contributed by atoms with van der Waals surface area (Å²) in [5.74, 6) is -0.181. The minimum atomic E-state index is -0.181. The van der Waals surface area contributed by atoms with Crippen molar-refractivity contribution in [2.45, 2.75) is 26.2 Å². The molecule has 16 heavy (non-hydrogen) atoms. The molecule has 1 aromatic rings. The third-order valence-electron chi connectivity index (χ3n) is 3.34. The Morgan fingerprint density at radius 2 is 2.19 bits per heavy atom. The maximum Gasteiger partial charge on any atom is 0.137 e. The maximum atomic E-state index is 13.1. The van der Waals surface area contributed by atoms with E-state index in [4.69, 9.17) is 0 Å². The zero-order chi connectivity index (χ0) is 11.6. The molecule has 2 rings (SSSR count). The van der Waals surface area contributed by atoms with Crippen LogP contribution in [0.2, 0.25) is 0 Å². The van der Waals surface area contributed by atoms with E-state index < -0.39 is 0 Å². The van der Waals surface area contributed by atoms with Crippen LogP contribution in [0.3, 0.4) is 0 Å². The smallest absolute Gasteiger partial charge is 0.137 e. The first kappa shape index (κ1) is 12.1. The zero-order valence-corrected chi connectivity index (χ0v) is 11.1. The molecule has 1 aliphatic heterocycles. The molecule has 1 N–H and O–H groups in total. The van der Waals surface area contributed by atoms with Crippen molar-refractivity contribution in [2.24, 2.45) is 5.41 Å². The van der Waals surface area contributed by atoms with Gasteiger partial charge in [-0.1, -0.05) is 19.4 Å². The molecule has 1 heterocycles. The number of benzene rings is 1. The number of rotatable bonds is 4. The molecule has 88 valence electrons. The van der Waals surface area contributed by atoms with Gasteiger partial charge in [-0.05, 0) is 51.9 Å². The zero-order valence-electron chi connectivity index (χ0n) is 9.52. The largest absolute Gasteiger partial charge is 0.316 e. The molecule has 1 aliphatic rings. The standard InChI is InChI=1S/C13H17BrFN/c1-2-5-13(8-16-9-13)7-10-3-4-12(15)11(14)6-10/h3-4,6,16H,2,5,7-9H2,1H3. The average Bonchev–Trinajstić information content (AvgIpc) is 2.20. The highest BCUT2D eigenvalue weighted by atomic mass is 79.9. The first-order valence-corrected chi connectivity index (χ1v) is 6.59. The van der Waals surface area contributed by atoms with Crippen LogP contribution in [0.1, 0.15) is 25.3 Å². The van der Waals surface area contributed by atoms with Crippen LogP contribution in [0.15, 0.2) is 22.7 Å². The molecule has 1 nitrogen and oxygen atoms in total. The van der Waals surface area contributed by atoms with Gasteiger partial charge in [0.15, 0.2) is 0 Å². The second kappa shape index (κ2) is 4.84. The van der Waals surface area contributed by atoms with E-state index in [9.17, 15) is 4.39 Å². The van der Waals surface area contributed by atoms with E-state index in [-0.39, 0.29) is 5.82 Å². The van der Waals surface area contributed by atoms with Gasteiger partial charge in [0.25, 0.3) is 0 Å². The number of hydrogen-bond acceptors (Lipinski definition) is 1. The van der Waals surface area contributed by atoms with E-state index in [0.717, 1.165) is 19.5 Å². The van der Waals surface area contributed by atoms with Gasteiger partial charge in [0.1, 0.15) is 5.82 Å². The summed E-state index contributed by atoms with van der Waals surface area (Å²) in [5.41, 5.74) is 1.63. The molecule has 0 saturated carbocycles. The van der Waals surface area contributed by atoms with Crippen molar-refractivity contribution in [2.75, 3.05) is 13.1 Å². The van der Waals surface area contributed by atoms with Crippen molar-refractivity contribution in [3.63, 3.8) is 0 Å². The van der Waals surface area contributed by atoms with Gasteiger partial charge in [0.2, 0.25) is 0 Å². The van der Waals surface area contributed by atoms with Crippen LogP contribution in [0, 0.1) is 11.2 Å². The monoisotopic (exact) mass is 285 g/mol. The van der Waals surface area contributed by atoms with Crippen LogP contribution in [0.4, 0.5) is 4.39 Å². The number of nitrogens with one attached hydrogen (secondary N) is 1. The molecule has 0 amide bonds. The first-order valence-electron chi connectivity index (χ1n) is 5.80. The van der Waals surface area contributed by atoms with Crippen LogP contribution in [0.25, 0.3) is 0 Å². The molecular formula is C13H17BrFN. The van der Waals surface area contributed by atoms with Gasteiger partial charge in [-0.2, -0.15) is 0 Å². The average molecular weight is 286 g/mol. The molecule has 0 aliphatic carbocycles. The fraction of sp³-hybridized carbons (Fsp3) is 0.538. The van der Waals surface area contributed by atoms with Gasteiger partial charge < -0.3 is 5.32 Å². The van der Waals surface area contributed by atoms with E-state index >= 15 is 0 Å². The van der Waals surface area contributed by atoms with Crippen molar-refractivity contribution >= 4 is 15.9 Å². The molecule has 1 saturated heterocycles. The normalized spacial score (nSPS) is 18.2. The highest BCUT2D eigenvalue weighted by molar-refractivity contribution is 9.10. The van der Waals surface area contributed by atoms with Gasteiger partial charge in [-0.25, -0.2) is 4.39 Å². The third-order valence-corrected chi connectivity index (χ3v) is 3.95. The summed E-state index contributed by atoms with van der Waals surface area (Å²) in [6, 6.07) is 5.35. The number of halogens is 2. The van der Waals surface area contributed by atoms with E-state index in [1.54, 1.807) is 6.07 Å². The minimum Gasteiger partial charge on any atom is -0.316 e. The van der Waals surface area contributed by atoms with Crippen LogP contribution >= 0.6 is 15.9 Å². The first-order chi connectivity index (χ1) is 7.65. The molecule has 0 bridgehead atoms. The lowest BCUT2D eigenvalue weighted by molar-refractivity contribution is 0.150. The Morgan fingerprint density at radius 1 is 1.44 bits per heavy atom. The summed E-state index contributed by atoms with van der Waals surface area (Å²) in [6.07, 6.45) is 3.51. The lowest BCUT2D eigenvalue weighted by Gasteiger charge is -2.43. The molecule has 0 radical (unpaired) electrons. The highest BCUT2D eigenvalue weighted by Gasteiger charge is 2.35. The van der Waals surface area contributed by atoms with Crippen molar-refractivity contribution in [1.82, 2.24) is 5.32 Å². The lowest BCUT2D eigenvalue weighted by atomic mass is 9.73. The van der Waals surface area contributed by atoms with Crippen LogP contribution in [-0.4, -0.2) is 13.1 Å². The summed E-state index contributed by atoms with van der Waals surface area (Å²) >= 11 is 3.24. The highest BCUT2D eigenvalue weighted by Crippen LogP contribution is 2.33. The molecule has 0 atom stereocenters. The summed E-state index contributed by atoms with van der Waals surface area (Å²) in [7, 11) is 0. The molecule has 0 spiro atoms. The Bertz CT molecular complexity index is 374. The van der Waals surface area contributed by atoms with Gasteiger partial charge in [0.05, 0.1) is 4.47 Å². The van der Waals surface area contributed by atoms with Crippen LogP contribution < -0.4 is 5.32 Å². The summed E-state index contributed by atoms with van der Waals surface area (Å²) < 4.78 is 13.7. The maximum absolute atomic E-state index is 13.1. The Hall–Kier alpha value is -0.410. The summed E-state index contributed by atoms with van der Waals surface area (Å²) in [6.45, 7) is 4.41. The Kier molecular flexibility index (Phi) is 3.65. The van der Waals surface area contributed by atoms with E-state index in [2.05, 4.69) is 28.2 Å². The Labute approximate surface area is 105 Å². The predicted octanol–water partition coefficient (Wildman–Crippen LogP) is 3.52. The fourth-order valence-electron chi connectivity index (χ4n) is 2.48. The summed E-state index contributed by atoms with van der Waals surface area (Å²) in [5, 5.41) is 3.35. The molecule has 1 fully saturated rings. The van der Waals surface area contributed by atoms with Crippen LogP contribution in [0.5, 0.6) is 0 Å². The minimum absolute atomic E-state index is 0.181. The van der Waals surface area contributed by atoms with Crippen molar-refractivity contribution in [3.8, 4) is 0 Å². The van der Waals surface area contributed by atoms with E-state index in [0.29, 0.717) is 9.89 Å². The van der Waals surface area contributed by atoms with Gasteiger partial charge in [0, 0.05) is 13.1 Å². The van der Waals surface area contributed by atoms with Crippen LogP contribution in [-0.2, 0) is 6.42 Å². The predicted molar refractivity (Wildman–Crippen MR) is 68.0 cm³/mol. The third kappa shape index (κ3) is 2.46. The molecule has 3 heteroatoms. The Balaban J connectivity index is 2.10. The summed E-state index contributed by atoms with van der Waals surface area (Å²) in [4.78, 5) is 0. The Morgan fingerprint density at radius 3 is 2.69 bits per heavy atom.